The van der Waals surface area contributed by atoms with E-state index in [2.05, 4.69) is 15.0 Å². The number of rotatable bonds is 10. The zero-order chi connectivity index (χ0) is 24.8. The normalized spacial score (nSPS) is 11.8. The summed E-state index contributed by atoms with van der Waals surface area (Å²) in [5.41, 5.74) is -1.24. The van der Waals surface area contributed by atoms with Gasteiger partial charge in [-0.1, -0.05) is 17.7 Å². The number of aryl methyl sites for hydroxylation is 1. The third-order valence-electron chi connectivity index (χ3n) is 4.49. The van der Waals surface area contributed by atoms with Gasteiger partial charge in [-0.2, -0.15) is 13.2 Å². The van der Waals surface area contributed by atoms with Gasteiger partial charge in [0.2, 0.25) is 0 Å². The second-order valence-electron chi connectivity index (χ2n) is 7.07. The van der Waals surface area contributed by atoms with Gasteiger partial charge in [0.25, 0.3) is 15.9 Å². The number of aromatic nitrogens is 2. The van der Waals surface area contributed by atoms with Gasteiger partial charge in [0, 0.05) is 31.2 Å². The van der Waals surface area contributed by atoms with E-state index >= 15 is 0 Å². The first kappa shape index (κ1) is 25.4. The van der Waals surface area contributed by atoms with E-state index in [0.717, 1.165) is 18.2 Å². The number of amides is 1. The number of alkyl halides is 3. The average molecular weight is 517 g/mol. The zero-order valence-corrected chi connectivity index (χ0v) is 19.1. The second-order valence-corrected chi connectivity index (χ2v) is 9.16. The largest absolute Gasteiger partial charge is 0.482 e. The summed E-state index contributed by atoms with van der Waals surface area (Å²) in [5.74, 6) is -0.308. The number of carbonyl (C=O) groups is 1. The lowest BCUT2D eigenvalue weighted by Gasteiger charge is -2.13. The molecular weight excluding hydrogens is 497 g/mol. The first-order valence-corrected chi connectivity index (χ1v) is 11.8. The highest BCUT2D eigenvalue weighted by Gasteiger charge is 2.30. The molecule has 182 valence electrons. The molecular formula is C21H20ClF3N4O4S. The Morgan fingerprint density at radius 1 is 1.18 bits per heavy atom. The molecule has 0 aliphatic carbocycles. The Labute approximate surface area is 198 Å². The van der Waals surface area contributed by atoms with Crippen LogP contribution in [0, 0.1) is 0 Å². The molecule has 0 saturated heterocycles. The van der Waals surface area contributed by atoms with Crippen molar-refractivity contribution in [3.05, 3.63) is 71.8 Å². The Kier molecular flexibility index (Phi) is 8.05. The van der Waals surface area contributed by atoms with E-state index in [0.29, 0.717) is 25.6 Å². The Morgan fingerprint density at radius 3 is 2.65 bits per heavy atom. The molecule has 1 heterocycles. The first-order valence-electron chi connectivity index (χ1n) is 9.89. The summed E-state index contributed by atoms with van der Waals surface area (Å²) in [4.78, 5) is 15.6. The minimum Gasteiger partial charge on any atom is -0.482 e. The molecule has 1 aromatic heterocycles. The molecule has 0 radical (unpaired) electrons. The highest BCUT2D eigenvalue weighted by molar-refractivity contribution is 7.92. The van der Waals surface area contributed by atoms with E-state index in [-0.39, 0.29) is 33.9 Å². The summed E-state index contributed by atoms with van der Waals surface area (Å²) in [6, 6.07) is 7.31. The van der Waals surface area contributed by atoms with Crippen LogP contribution in [0.15, 0.2) is 66.1 Å². The number of benzene rings is 2. The van der Waals surface area contributed by atoms with Gasteiger partial charge in [-0.3, -0.25) is 9.52 Å². The highest BCUT2D eigenvalue weighted by atomic mass is 35.5. The van der Waals surface area contributed by atoms with Crippen LogP contribution in [0.3, 0.4) is 0 Å². The van der Waals surface area contributed by atoms with Crippen LogP contribution in [0.4, 0.5) is 18.9 Å². The topological polar surface area (TPSA) is 102 Å². The van der Waals surface area contributed by atoms with Gasteiger partial charge < -0.3 is 14.6 Å². The van der Waals surface area contributed by atoms with Gasteiger partial charge in [0.1, 0.15) is 5.75 Å². The van der Waals surface area contributed by atoms with Crippen molar-refractivity contribution in [3.63, 3.8) is 0 Å². The Hall–Kier alpha value is -3.25. The molecule has 0 atom stereocenters. The van der Waals surface area contributed by atoms with Crippen molar-refractivity contribution in [3.8, 4) is 5.75 Å². The van der Waals surface area contributed by atoms with E-state index in [9.17, 15) is 26.4 Å². The Morgan fingerprint density at radius 2 is 1.97 bits per heavy atom. The van der Waals surface area contributed by atoms with Gasteiger partial charge in [-0.25, -0.2) is 13.4 Å². The molecule has 8 nitrogen and oxygen atoms in total. The number of nitrogens with zero attached hydrogens (tertiary/aromatic N) is 2. The number of nitrogens with one attached hydrogen (secondary N) is 2. The number of ether oxygens (including phenoxy) is 1. The maximum atomic E-state index is 12.9. The smallest absolute Gasteiger partial charge is 0.416 e. The van der Waals surface area contributed by atoms with Crippen molar-refractivity contribution < 1.29 is 31.1 Å². The minimum atomic E-state index is -4.61. The van der Waals surface area contributed by atoms with Gasteiger partial charge >= 0.3 is 6.18 Å². The Balaban J connectivity index is 1.55. The molecule has 1 amide bonds. The number of halogens is 4. The van der Waals surface area contributed by atoms with Crippen molar-refractivity contribution >= 4 is 33.2 Å². The van der Waals surface area contributed by atoms with Crippen molar-refractivity contribution in [1.29, 1.82) is 0 Å². The fourth-order valence-electron chi connectivity index (χ4n) is 2.84. The molecule has 2 aromatic carbocycles. The summed E-state index contributed by atoms with van der Waals surface area (Å²) in [5, 5.41) is 2.60. The molecule has 0 aliphatic rings. The molecule has 3 aromatic rings. The predicted octanol–water partition coefficient (Wildman–Crippen LogP) is 3.94. The van der Waals surface area contributed by atoms with Gasteiger partial charge in [0.05, 0.1) is 21.8 Å². The molecule has 2 N–H and O–H groups in total. The molecule has 13 heteroatoms. The fraction of sp³-hybridized carbons (Fsp3) is 0.238. The second kappa shape index (κ2) is 10.8. The van der Waals surface area contributed by atoms with Crippen molar-refractivity contribution in [2.45, 2.75) is 24.0 Å². The van der Waals surface area contributed by atoms with Crippen LogP contribution in [0.2, 0.25) is 5.02 Å². The van der Waals surface area contributed by atoms with Crippen molar-refractivity contribution in [1.82, 2.24) is 14.9 Å². The summed E-state index contributed by atoms with van der Waals surface area (Å²) >= 11 is 6.08. The Bertz CT molecular complexity index is 1240. The van der Waals surface area contributed by atoms with Crippen LogP contribution >= 0.6 is 11.6 Å². The number of carbonyl (C=O) groups excluding carboxylic acids is 1. The summed E-state index contributed by atoms with van der Waals surface area (Å²) < 4.78 is 73.0. The summed E-state index contributed by atoms with van der Waals surface area (Å²) in [6.07, 6.45) is 1.22. The summed E-state index contributed by atoms with van der Waals surface area (Å²) in [6.45, 7) is 0.781. The molecule has 0 fully saturated rings. The number of imidazole rings is 1. The van der Waals surface area contributed by atoms with Crippen molar-refractivity contribution in [2.24, 2.45) is 0 Å². The van der Waals surface area contributed by atoms with E-state index in [1.807, 2.05) is 10.8 Å². The van der Waals surface area contributed by atoms with Crippen LogP contribution in [-0.2, 0) is 27.5 Å². The number of hydrogen-bond acceptors (Lipinski definition) is 5. The molecule has 0 saturated carbocycles. The monoisotopic (exact) mass is 516 g/mol. The number of hydrogen-bond donors (Lipinski definition) is 2. The molecule has 0 bridgehead atoms. The third kappa shape index (κ3) is 7.12. The quantitative estimate of drug-likeness (QED) is 0.397. The van der Waals surface area contributed by atoms with E-state index in [4.69, 9.17) is 16.3 Å². The lowest BCUT2D eigenvalue weighted by Crippen LogP contribution is -2.30. The fourth-order valence-corrected chi connectivity index (χ4v) is 4.22. The zero-order valence-electron chi connectivity index (χ0n) is 17.5. The molecule has 0 aliphatic heterocycles. The number of sulfonamides is 1. The number of anilines is 1. The maximum absolute atomic E-state index is 12.9. The van der Waals surface area contributed by atoms with Crippen LogP contribution in [0.1, 0.15) is 12.0 Å². The van der Waals surface area contributed by atoms with Gasteiger partial charge in [0.15, 0.2) is 6.61 Å². The highest BCUT2D eigenvalue weighted by Crippen LogP contribution is 2.32. The lowest BCUT2D eigenvalue weighted by atomic mass is 10.2. The van der Waals surface area contributed by atoms with Gasteiger partial charge in [-0.15, -0.1) is 0 Å². The standard InChI is InChI=1S/C21H20ClF3N4O4S/c22-18-12-17(34(31,32)28-16-4-1-3-15(11-16)21(23,24)25)5-6-19(18)33-13-20(30)27-7-2-9-29-10-8-26-14-29/h1,3-6,8,10-12,14,28H,2,7,9,13H2,(H,27,30). The van der Waals surface area contributed by atoms with Crippen LogP contribution in [-0.4, -0.2) is 37.0 Å². The molecule has 3 rings (SSSR count). The molecule has 34 heavy (non-hydrogen) atoms. The molecule has 0 unspecified atom stereocenters. The third-order valence-corrected chi connectivity index (χ3v) is 6.16. The van der Waals surface area contributed by atoms with E-state index in [1.54, 1.807) is 12.5 Å². The van der Waals surface area contributed by atoms with Crippen LogP contribution in [0.5, 0.6) is 5.75 Å². The van der Waals surface area contributed by atoms with E-state index in [1.165, 1.54) is 18.2 Å². The van der Waals surface area contributed by atoms with Crippen LogP contribution < -0.4 is 14.8 Å². The predicted molar refractivity (Wildman–Crippen MR) is 119 cm³/mol. The van der Waals surface area contributed by atoms with E-state index < -0.39 is 21.8 Å². The van der Waals surface area contributed by atoms with Crippen molar-refractivity contribution in [2.75, 3.05) is 17.9 Å². The minimum absolute atomic E-state index is 0.0771. The molecule has 0 spiro atoms. The maximum Gasteiger partial charge on any atom is 0.416 e. The first-order chi connectivity index (χ1) is 16.0. The SMILES string of the molecule is O=C(COc1ccc(S(=O)(=O)Nc2cccc(C(F)(F)F)c2)cc1Cl)NCCCn1ccnc1. The van der Waals surface area contributed by atoms with Gasteiger partial charge in [-0.05, 0) is 42.8 Å². The average Bonchev–Trinajstić information content (AvgIpc) is 3.29. The lowest BCUT2D eigenvalue weighted by molar-refractivity contribution is -0.137. The summed E-state index contributed by atoms with van der Waals surface area (Å²) in [7, 11) is -4.22. The van der Waals surface area contributed by atoms with Crippen LogP contribution in [0.25, 0.3) is 0 Å².